The Balaban J connectivity index is 0.00000242. The number of benzene rings is 1. The van der Waals surface area contributed by atoms with E-state index in [1.807, 2.05) is 6.92 Å². The van der Waals surface area contributed by atoms with Crippen LogP contribution in [0.25, 0.3) is 0 Å². The highest BCUT2D eigenvalue weighted by atomic mass is 35.5. The van der Waals surface area contributed by atoms with Crippen LogP contribution in [0.4, 0.5) is 0 Å². The van der Waals surface area contributed by atoms with Gasteiger partial charge in [-0.05, 0) is 37.3 Å². The molecule has 0 fully saturated rings. The van der Waals surface area contributed by atoms with Crippen LogP contribution in [-0.4, -0.2) is 36.5 Å². The van der Waals surface area contributed by atoms with Crippen LogP contribution in [0, 0.1) is 0 Å². The maximum absolute atomic E-state index is 11.6. The second-order valence-electron chi connectivity index (χ2n) is 6.01. The molecule has 3 N–H and O–H groups in total. The molecule has 23 heavy (non-hydrogen) atoms. The molecule has 0 aliphatic carbocycles. The van der Waals surface area contributed by atoms with Gasteiger partial charge in [0.1, 0.15) is 0 Å². The Labute approximate surface area is 152 Å². The number of nitrogens with zero attached hydrogens (tertiary/aromatic N) is 1. The van der Waals surface area contributed by atoms with E-state index >= 15 is 0 Å². The summed E-state index contributed by atoms with van der Waals surface area (Å²) in [6.45, 7) is 5.89. The third-order valence-corrected chi connectivity index (χ3v) is 4.01. The topological polar surface area (TPSA) is 58.4 Å². The number of nitrogens with two attached hydrogens (primary N) is 1. The third kappa shape index (κ3) is 8.02. The number of rotatable bonds is 7. The van der Waals surface area contributed by atoms with Crippen LogP contribution in [0.1, 0.15) is 37.3 Å². The number of carbonyl (C=O) groups is 1. The van der Waals surface area contributed by atoms with Crippen LogP contribution in [0.3, 0.4) is 0 Å². The zero-order valence-electron chi connectivity index (χ0n) is 13.8. The van der Waals surface area contributed by atoms with Crippen molar-refractivity contribution in [3.8, 4) is 0 Å². The van der Waals surface area contributed by atoms with Crippen LogP contribution >= 0.6 is 24.8 Å². The molecular weight excluding hydrogens is 333 g/mol. The van der Waals surface area contributed by atoms with Gasteiger partial charge in [-0.2, -0.15) is 0 Å². The molecule has 132 valence electrons. The monoisotopic (exact) mass is 361 g/mol. The molecule has 1 unspecified atom stereocenters. The lowest BCUT2D eigenvalue weighted by atomic mass is 10.00. The van der Waals surface area contributed by atoms with Gasteiger partial charge in [0.05, 0.1) is 0 Å². The molecule has 1 aromatic rings. The van der Waals surface area contributed by atoms with E-state index in [0.29, 0.717) is 6.42 Å². The molecule has 0 saturated carbocycles. The third-order valence-electron chi connectivity index (χ3n) is 4.01. The Morgan fingerprint density at radius 2 is 2.00 bits per heavy atom. The first-order valence-electron chi connectivity index (χ1n) is 7.96. The number of carbonyl (C=O) groups excluding carboxylic acids is 1. The zero-order chi connectivity index (χ0) is 15.1. The Morgan fingerprint density at radius 1 is 1.30 bits per heavy atom. The maximum Gasteiger partial charge on any atom is 0.220 e. The van der Waals surface area contributed by atoms with Crippen molar-refractivity contribution in [1.29, 1.82) is 0 Å². The van der Waals surface area contributed by atoms with E-state index < -0.39 is 0 Å². The van der Waals surface area contributed by atoms with Crippen molar-refractivity contribution in [1.82, 2.24) is 10.2 Å². The minimum absolute atomic E-state index is 0. The van der Waals surface area contributed by atoms with Gasteiger partial charge in [0.2, 0.25) is 5.91 Å². The Hall–Kier alpha value is -0.810. The second kappa shape index (κ2) is 11.7. The average Bonchev–Trinajstić information content (AvgIpc) is 2.49. The van der Waals surface area contributed by atoms with Crippen LogP contribution < -0.4 is 11.1 Å². The predicted molar refractivity (Wildman–Crippen MR) is 100 cm³/mol. The second-order valence-corrected chi connectivity index (χ2v) is 6.01. The number of fused-ring (bicyclic) bond motifs is 1. The highest BCUT2D eigenvalue weighted by molar-refractivity contribution is 5.85. The van der Waals surface area contributed by atoms with E-state index in [1.54, 1.807) is 0 Å². The fraction of sp³-hybridized carbons (Fsp3) is 0.588. The largest absolute Gasteiger partial charge is 0.356 e. The molecule has 0 bridgehead atoms. The van der Waals surface area contributed by atoms with E-state index in [-0.39, 0.29) is 36.8 Å². The fourth-order valence-electron chi connectivity index (χ4n) is 2.72. The SMILES string of the molecule is CC(N)CCC(=O)NCCCN1CCc2ccccc2C1.Cl.Cl. The quantitative estimate of drug-likeness (QED) is 0.733. The Kier molecular flexibility index (Phi) is 11.3. The summed E-state index contributed by atoms with van der Waals surface area (Å²) in [5, 5.41) is 2.98. The molecule has 1 aliphatic heterocycles. The molecule has 0 spiro atoms. The summed E-state index contributed by atoms with van der Waals surface area (Å²) >= 11 is 0. The molecule has 6 heteroatoms. The molecule has 2 rings (SSSR count). The molecule has 1 heterocycles. The minimum Gasteiger partial charge on any atom is -0.356 e. The standard InChI is InChI=1S/C17H27N3O.2ClH/c1-14(18)7-8-17(21)19-10-4-11-20-12-9-15-5-2-3-6-16(15)13-20;;/h2-3,5-6,14H,4,7-13,18H2,1H3,(H,19,21);2*1H. The predicted octanol–water partition coefficient (Wildman–Crippen LogP) is 2.52. The molecule has 1 amide bonds. The summed E-state index contributed by atoms with van der Waals surface area (Å²) < 4.78 is 0. The lowest BCUT2D eigenvalue weighted by Gasteiger charge is -2.28. The first-order valence-corrected chi connectivity index (χ1v) is 7.96. The van der Waals surface area contributed by atoms with Crippen molar-refractivity contribution >= 4 is 30.7 Å². The maximum atomic E-state index is 11.6. The van der Waals surface area contributed by atoms with Crippen molar-refractivity contribution < 1.29 is 4.79 Å². The fourth-order valence-corrected chi connectivity index (χ4v) is 2.72. The molecule has 1 aliphatic rings. The van der Waals surface area contributed by atoms with Crippen LogP contribution in [0.2, 0.25) is 0 Å². The van der Waals surface area contributed by atoms with Crippen LogP contribution in [0.5, 0.6) is 0 Å². The van der Waals surface area contributed by atoms with E-state index in [9.17, 15) is 4.79 Å². The molecule has 0 saturated heterocycles. The lowest BCUT2D eigenvalue weighted by Crippen LogP contribution is -2.34. The molecule has 0 aromatic heterocycles. The summed E-state index contributed by atoms with van der Waals surface area (Å²) in [7, 11) is 0. The van der Waals surface area contributed by atoms with Gasteiger partial charge in [-0.15, -0.1) is 24.8 Å². The van der Waals surface area contributed by atoms with Crippen LogP contribution in [0.15, 0.2) is 24.3 Å². The smallest absolute Gasteiger partial charge is 0.220 e. The van der Waals surface area contributed by atoms with Gasteiger partial charge in [-0.1, -0.05) is 24.3 Å². The van der Waals surface area contributed by atoms with E-state index in [4.69, 9.17) is 5.73 Å². The zero-order valence-corrected chi connectivity index (χ0v) is 15.4. The van der Waals surface area contributed by atoms with Gasteiger partial charge in [-0.25, -0.2) is 0 Å². The van der Waals surface area contributed by atoms with Gasteiger partial charge in [0, 0.05) is 38.6 Å². The van der Waals surface area contributed by atoms with Gasteiger partial charge >= 0.3 is 0 Å². The Morgan fingerprint density at radius 3 is 2.70 bits per heavy atom. The van der Waals surface area contributed by atoms with Crippen LogP contribution in [-0.2, 0) is 17.8 Å². The van der Waals surface area contributed by atoms with Gasteiger partial charge in [0.25, 0.3) is 0 Å². The van der Waals surface area contributed by atoms with Gasteiger partial charge in [0.15, 0.2) is 0 Å². The normalized spacial score (nSPS) is 14.9. The van der Waals surface area contributed by atoms with Crippen molar-refractivity contribution in [3.63, 3.8) is 0 Å². The van der Waals surface area contributed by atoms with E-state index in [1.165, 1.54) is 11.1 Å². The van der Waals surface area contributed by atoms with Crippen molar-refractivity contribution in [2.24, 2.45) is 5.73 Å². The number of nitrogens with one attached hydrogen (secondary N) is 1. The summed E-state index contributed by atoms with van der Waals surface area (Å²) in [5.74, 6) is 0.122. The number of halogens is 2. The van der Waals surface area contributed by atoms with Crippen molar-refractivity contribution in [3.05, 3.63) is 35.4 Å². The highest BCUT2D eigenvalue weighted by Gasteiger charge is 2.14. The summed E-state index contributed by atoms with van der Waals surface area (Å²) in [6.07, 6.45) is 3.44. The number of hydrogen-bond acceptors (Lipinski definition) is 3. The van der Waals surface area contributed by atoms with E-state index in [2.05, 4.69) is 34.5 Å². The number of amides is 1. The molecule has 4 nitrogen and oxygen atoms in total. The molecule has 1 aromatic carbocycles. The van der Waals surface area contributed by atoms with Crippen molar-refractivity contribution in [2.45, 2.75) is 45.2 Å². The molecular formula is C17H29Cl2N3O. The summed E-state index contributed by atoms with van der Waals surface area (Å²) in [6, 6.07) is 8.78. The Bertz CT molecular complexity index is 469. The first-order chi connectivity index (χ1) is 10.1. The lowest BCUT2D eigenvalue weighted by molar-refractivity contribution is -0.121. The minimum atomic E-state index is 0. The molecule has 1 atom stereocenters. The van der Waals surface area contributed by atoms with Gasteiger partial charge in [-0.3, -0.25) is 9.69 Å². The number of hydrogen-bond donors (Lipinski definition) is 2. The van der Waals surface area contributed by atoms with Gasteiger partial charge < -0.3 is 11.1 Å². The highest BCUT2D eigenvalue weighted by Crippen LogP contribution is 2.18. The molecule has 0 radical (unpaired) electrons. The van der Waals surface area contributed by atoms with E-state index in [0.717, 1.165) is 45.4 Å². The average molecular weight is 362 g/mol. The van der Waals surface area contributed by atoms with Crippen molar-refractivity contribution in [2.75, 3.05) is 19.6 Å². The summed E-state index contributed by atoms with van der Waals surface area (Å²) in [4.78, 5) is 14.1. The summed E-state index contributed by atoms with van der Waals surface area (Å²) in [5.41, 5.74) is 8.58. The first kappa shape index (κ1) is 22.2.